The van der Waals surface area contributed by atoms with Gasteiger partial charge in [-0.25, -0.2) is 0 Å². The van der Waals surface area contributed by atoms with Crippen LogP contribution in [0.3, 0.4) is 0 Å². The molecule has 1 spiro atoms. The van der Waals surface area contributed by atoms with Gasteiger partial charge in [-0.15, -0.1) is 11.8 Å². The summed E-state index contributed by atoms with van der Waals surface area (Å²) in [6.45, 7) is 1.23. The monoisotopic (exact) mass is 501 g/mol. The normalized spacial score (nSPS) is 32.6. The van der Waals surface area contributed by atoms with Crippen molar-refractivity contribution < 1.29 is 19.5 Å². The number of benzene rings is 1. The number of hydrogen-bond acceptors (Lipinski definition) is 5. The van der Waals surface area contributed by atoms with E-state index in [0.717, 1.165) is 0 Å². The molecule has 4 aliphatic heterocycles. The second kappa shape index (κ2) is 9.06. The number of carbonyl (C=O) groups excluding carboxylic acids is 3. The fraction of sp³-hybridized carbons (Fsp3) is 0.480. The molecule has 0 saturated carbocycles. The van der Waals surface area contributed by atoms with Gasteiger partial charge in [-0.1, -0.05) is 48.0 Å². The molecule has 3 amide bonds. The molecule has 4 aliphatic rings. The number of unbranched alkanes of at least 4 members (excludes halogenated alkanes) is 1. The number of carbonyl (C=O) groups is 3. The van der Waals surface area contributed by atoms with Crippen LogP contribution in [0.15, 0.2) is 48.6 Å². The Hall–Kier alpha value is -2.29. The summed E-state index contributed by atoms with van der Waals surface area (Å²) < 4.78 is -0.836. The van der Waals surface area contributed by atoms with Crippen LogP contribution in [0, 0.1) is 11.8 Å². The number of halogens is 1. The lowest BCUT2D eigenvalue weighted by atomic mass is 9.78. The molecule has 0 aliphatic carbocycles. The minimum Gasteiger partial charge on any atom is -0.396 e. The molecule has 5 atom stereocenters. The van der Waals surface area contributed by atoms with Crippen LogP contribution >= 0.6 is 23.4 Å². The van der Waals surface area contributed by atoms with E-state index < -0.39 is 22.6 Å². The van der Waals surface area contributed by atoms with Crippen molar-refractivity contribution in [3.05, 3.63) is 53.6 Å². The molecule has 34 heavy (non-hydrogen) atoms. The zero-order valence-electron chi connectivity index (χ0n) is 19.0. The first-order valence-corrected chi connectivity index (χ1v) is 12.9. The number of nitrogens with zero attached hydrogens (tertiary/aromatic N) is 3. The highest BCUT2D eigenvalue weighted by molar-refractivity contribution is 8.02. The van der Waals surface area contributed by atoms with Gasteiger partial charge in [0, 0.05) is 38.5 Å². The predicted octanol–water partition coefficient (Wildman–Crippen LogP) is 2.34. The van der Waals surface area contributed by atoms with Crippen LogP contribution in [0.1, 0.15) is 12.8 Å². The molecule has 9 heteroatoms. The largest absolute Gasteiger partial charge is 0.396 e. The molecular weight excluding hydrogens is 474 g/mol. The van der Waals surface area contributed by atoms with Crippen LogP contribution in [-0.2, 0) is 14.4 Å². The fourth-order valence-corrected chi connectivity index (χ4v) is 8.03. The number of para-hydroxylation sites is 1. The lowest BCUT2D eigenvalue weighted by Gasteiger charge is -2.35. The standard InChI is InChI=1S/C25H28ClN3O4S/c1-27-12-6-10-18-19(22(27)31)20-23(32)29(13-4-5-15-30)21-24(33)28(14-7-11-25(20,21)34-18)17-9-3-2-8-16(17)26/h2-3,6-11,18-21,30H,4-5,12-15H2,1H3/t18-,19+,20+,21?,25+/m1/s1. The number of anilines is 1. The van der Waals surface area contributed by atoms with Crippen molar-refractivity contribution in [1.29, 1.82) is 0 Å². The van der Waals surface area contributed by atoms with E-state index in [4.69, 9.17) is 11.6 Å². The maximum atomic E-state index is 14.2. The van der Waals surface area contributed by atoms with Crippen molar-refractivity contribution in [2.45, 2.75) is 28.9 Å². The Balaban J connectivity index is 1.61. The predicted molar refractivity (Wildman–Crippen MR) is 133 cm³/mol. The number of aliphatic hydroxyl groups excluding tert-OH is 1. The van der Waals surface area contributed by atoms with Crippen molar-refractivity contribution in [2.24, 2.45) is 11.8 Å². The molecule has 5 rings (SSSR count). The number of thioether (sulfide) groups is 1. The van der Waals surface area contributed by atoms with Gasteiger partial charge in [0.1, 0.15) is 6.04 Å². The summed E-state index contributed by atoms with van der Waals surface area (Å²) in [5.74, 6) is -1.53. The Morgan fingerprint density at radius 2 is 1.88 bits per heavy atom. The summed E-state index contributed by atoms with van der Waals surface area (Å²) in [6, 6.07) is 6.46. The number of aliphatic hydroxyl groups is 1. The van der Waals surface area contributed by atoms with E-state index in [1.807, 2.05) is 42.5 Å². The molecule has 0 bridgehead atoms. The maximum Gasteiger partial charge on any atom is 0.251 e. The molecule has 1 aromatic rings. The number of fused-ring (bicyclic) bond motifs is 2. The highest BCUT2D eigenvalue weighted by Gasteiger charge is 2.70. The minimum absolute atomic E-state index is 0.0222. The second-order valence-corrected chi connectivity index (χ2v) is 11.1. The quantitative estimate of drug-likeness (QED) is 0.495. The third-order valence-corrected chi connectivity index (χ3v) is 9.37. The van der Waals surface area contributed by atoms with E-state index in [1.54, 1.807) is 39.6 Å². The summed E-state index contributed by atoms with van der Waals surface area (Å²) in [6.07, 6.45) is 9.06. The van der Waals surface area contributed by atoms with Crippen LogP contribution in [0.2, 0.25) is 5.02 Å². The molecule has 4 heterocycles. The molecule has 2 saturated heterocycles. The molecule has 0 aromatic heterocycles. The van der Waals surface area contributed by atoms with E-state index in [2.05, 4.69) is 0 Å². The van der Waals surface area contributed by atoms with Crippen LogP contribution < -0.4 is 4.90 Å². The third-order valence-electron chi connectivity index (χ3n) is 7.31. The highest BCUT2D eigenvalue weighted by Crippen LogP contribution is 2.61. The molecule has 1 unspecified atom stereocenters. The van der Waals surface area contributed by atoms with E-state index in [9.17, 15) is 19.5 Å². The fourth-order valence-electron chi connectivity index (χ4n) is 5.78. The van der Waals surface area contributed by atoms with Gasteiger partial charge >= 0.3 is 0 Å². The van der Waals surface area contributed by atoms with Gasteiger partial charge in [0.15, 0.2) is 0 Å². The smallest absolute Gasteiger partial charge is 0.251 e. The summed E-state index contributed by atoms with van der Waals surface area (Å²) in [5.41, 5.74) is 0.606. The third kappa shape index (κ3) is 3.49. The Bertz CT molecular complexity index is 1080. The Kier molecular flexibility index (Phi) is 6.25. The molecule has 1 N–H and O–H groups in total. The van der Waals surface area contributed by atoms with E-state index in [0.29, 0.717) is 43.2 Å². The summed E-state index contributed by atoms with van der Waals surface area (Å²) in [5, 5.41) is 9.60. The van der Waals surface area contributed by atoms with Crippen molar-refractivity contribution in [3.63, 3.8) is 0 Å². The second-order valence-electron chi connectivity index (χ2n) is 9.25. The van der Waals surface area contributed by atoms with Gasteiger partial charge in [-0.2, -0.15) is 0 Å². The van der Waals surface area contributed by atoms with Crippen molar-refractivity contribution in [1.82, 2.24) is 9.80 Å². The van der Waals surface area contributed by atoms with E-state index in [1.165, 1.54) is 0 Å². The SMILES string of the molecule is CN1CC=C[C@H]2S[C@]34C=CCN(c5ccccc5Cl)C(=O)C3N(CCCCO)C(=O)[C@@H]4[C@H]2C1=O. The van der Waals surface area contributed by atoms with E-state index >= 15 is 0 Å². The first-order chi connectivity index (χ1) is 16.4. The van der Waals surface area contributed by atoms with Gasteiger partial charge in [0.05, 0.1) is 27.3 Å². The van der Waals surface area contributed by atoms with Crippen molar-refractivity contribution in [2.75, 3.05) is 38.2 Å². The van der Waals surface area contributed by atoms with Crippen LogP contribution in [-0.4, -0.2) is 82.0 Å². The molecule has 1 aromatic carbocycles. The average molecular weight is 502 g/mol. The first-order valence-electron chi connectivity index (χ1n) is 11.6. The maximum absolute atomic E-state index is 14.2. The lowest BCUT2D eigenvalue weighted by Crippen LogP contribution is -2.53. The van der Waals surface area contributed by atoms with Gasteiger partial charge in [0.25, 0.3) is 5.91 Å². The zero-order valence-corrected chi connectivity index (χ0v) is 20.5. The van der Waals surface area contributed by atoms with Crippen LogP contribution in [0.4, 0.5) is 5.69 Å². The molecule has 0 radical (unpaired) electrons. The summed E-state index contributed by atoms with van der Waals surface area (Å²) in [4.78, 5) is 46.5. The Morgan fingerprint density at radius 3 is 2.65 bits per heavy atom. The van der Waals surface area contributed by atoms with Crippen molar-refractivity contribution >= 4 is 46.8 Å². The van der Waals surface area contributed by atoms with Crippen LogP contribution in [0.25, 0.3) is 0 Å². The molecule has 2 fully saturated rings. The number of rotatable bonds is 5. The summed E-state index contributed by atoms with van der Waals surface area (Å²) in [7, 11) is 1.76. The van der Waals surface area contributed by atoms with Gasteiger partial charge in [0.2, 0.25) is 11.8 Å². The first kappa shape index (κ1) is 23.5. The van der Waals surface area contributed by atoms with Gasteiger partial charge in [-0.3, -0.25) is 14.4 Å². The van der Waals surface area contributed by atoms with E-state index in [-0.39, 0.29) is 29.6 Å². The Morgan fingerprint density at radius 1 is 1.09 bits per heavy atom. The van der Waals surface area contributed by atoms with Gasteiger partial charge in [-0.05, 0) is 25.0 Å². The number of hydrogen-bond donors (Lipinski definition) is 1. The molecule has 180 valence electrons. The Labute approximate surface area is 208 Å². The van der Waals surface area contributed by atoms with Gasteiger partial charge < -0.3 is 19.8 Å². The zero-order chi connectivity index (χ0) is 24.0. The summed E-state index contributed by atoms with van der Waals surface area (Å²) >= 11 is 8.03. The lowest BCUT2D eigenvalue weighted by molar-refractivity contribution is -0.142. The van der Waals surface area contributed by atoms with Crippen LogP contribution in [0.5, 0.6) is 0 Å². The number of likely N-dealkylation sites (tertiary alicyclic amines) is 1. The topological polar surface area (TPSA) is 81.2 Å². The number of amides is 3. The number of likely N-dealkylation sites (N-methyl/N-ethyl adjacent to an activating group) is 1. The van der Waals surface area contributed by atoms with Crippen molar-refractivity contribution in [3.8, 4) is 0 Å². The molecule has 7 nitrogen and oxygen atoms in total. The highest BCUT2D eigenvalue weighted by atomic mass is 35.5. The average Bonchev–Trinajstić information content (AvgIpc) is 3.14. The molecular formula is C25H28ClN3O4S. The minimum atomic E-state index is -0.836.